The largest absolute Gasteiger partial charge is 0.465 e. The second kappa shape index (κ2) is 5.66. The van der Waals surface area contributed by atoms with Crippen molar-refractivity contribution in [1.82, 2.24) is 0 Å². The number of carbonyl (C=O) groups excluding carboxylic acids is 2. The zero-order valence-electron chi connectivity index (χ0n) is 8.33. The number of benzene rings is 1. The highest BCUT2D eigenvalue weighted by atomic mass is 79.9. The molecule has 80 valence electrons. The average molecular weight is 271 g/mol. The first-order valence-electron chi connectivity index (χ1n) is 4.49. The van der Waals surface area contributed by atoms with Gasteiger partial charge < -0.3 is 9.53 Å². The fourth-order valence-electron chi connectivity index (χ4n) is 1.22. The standard InChI is InChI=1S/C11H11BrO3/c1-15-11(14)9-5-4-8(3-2-6-13)7-10(9)12/h4-7H,2-3H2,1H3. The number of hydrogen-bond donors (Lipinski definition) is 0. The molecule has 0 heterocycles. The minimum atomic E-state index is -0.371. The molecule has 0 amide bonds. The van der Waals surface area contributed by atoms with Crippen LogP contribution in [0.4, 0.5) is 0 Å². The van der Waals surface area contributed by atoms with E-state index in [1.54, 1.807) is 6.07 Å². The lowest BCUT2D eigenvalue weighted by Crippen LogP contribution is -2.02. The Morgan fingerprint density at radius 3 is 2.80 bits per heavy atom. The average Bonchev–Trinajstić information content (AvgIpc) is 2.25. The van der Waals surface area contributed by atoms with Crippen molar-refractivity contribution < 1.29 is 14.3 Å². The Bertz CT molecular complexity index is 374. The lowest BCUT2D eigenvalue weighted by atomic mass is 10.1. The van der Waals surface area contributed by atoms with Gasteiger partial charge in [0.05, 0.1) is 12.7 Å². The predicted molar refractivity (Wildman–Crippen MR) is 59.9 cm³/mol. The Morgan fingerprint density at radius 2 is 2.27 bits per heavy atom. The fraction of sp³-hybridized carbons (Fsp3) is 0.273. The highest BCUT2D eigenvalue weighted by Gasteiger charge is 2.09. The number of hydrogen-bond acceptors (Lipinski definition) is 3. The van der Waals surface area contributed by atoms with Crippen molar-refractivity contribution in [2.24, 2.45) is 0 Å². The van der Waals surface area contributed by atoms with Crippen LogP contribution in [0.3, 0.4) is 0 Å². The van der Waals surface area contributed by atoms with E-state index in [9.17, 15) is 9.59 Å². The number of aldehydes is 1. The van der Waals surface area contributed by atoms with Crippen LogP contribution in [-0.4, -0.2) is 19.4 Å². The van der Waals surface area contributed by atoms with Crippen LogP contribution >= 0.6 is 15.9 Å². The first kappa shape index (κ1) is 11.9. The molecule has 0 aliphatic heterocycles. The van der Waals surface area contributed by atoms with Crippen LogP contribution in [0, 0.1) is 0 Å². The van der Waals surface area contributed by atoms with Gasteiger partial charge in [0.25, 0.3) is 0 Å². The third-order valence-corrected chi connectivity index (χ3v) is 2.65. The number of carbonyl (C=O) groups is 2. The molecule has 0 saturated carbocycles. The van der Waals surface area contributed by atoms with Crippen molar-refractivity contribution in [3.8, 4) is 0 Å². The van der Waals surface area contributed by atoms with Crippen LogP contribution in [-0.2, 0) is 16.0 Å². The zero-order chi connectivity index (χ0) is 11.3. The SMILES string of the molecule is COC(=O)c1ccc(CCC=O)cc1Br. The molecule has 1 aromatic rings. The minimum Gasteiger partial charge on any atom is -0.465 e. The molecule has 0 aromatic heterocycles. The number of aryl methyl sites for hydroxylation is 1. The first-order chi connectivity index (χ1) is 7.19. The van der Waals surface area contributed by atoms with Crippen molar-refractivity contribution in [2.75, 3.05) is 7.11 Å². The quantitative estimate of drug-likeness (QED) is 0.623. The van der Waals surface area contributed by atoms with Crippen LogP contribution < -0.4 is 0 Å². The van der Waals surface area contributed by atoms with E-state index in [1.807, 2.05) is 12.1 Å². The van der Waals surface area contributed by atoms with Crippen LogP contribution in [0.5, 0.6) is 0 Å². The van der Waals surface area contributed by atoms with E-state index >= 15 is 0 Å². The van der Waals surface area contributed by atoms with Gasteiger partial charge in [-0.2, -0.15) is 0 Å². The van der Waals surface area contributed by atoms with Crippen LogP contribution in [0.2, 0.25) is 0 Å². The van der Waals surface area contributed by atoms with Crippen LogP contribution in [0.15, 0.2) is 22.7 Å². The third kappa shape index (κ3) is 3.16. The monoisotopic (exact) mass is 270 g/mol. The number of methoxy groups -OCH3 is 1. The molecule has 0 saturated heterocycles. The molecule has 0 aliphatic rings. The predicted octanol–water partition coefficient (Wildman–Crippen LogP) is 2.37. The summed E-state index contributed by atoms with van der Waals surface area (Å²) in [6, 6.07) is 5.34. The maximum absolute atomic E-state index is 11.3. The summed E-state index contributed by atoms with van der Waals surface area (Å²) in [6.45, 7) is 0. The highest BCUT2D eigenvalue weighted by molar-refractivity contribution is 9.10. The van der Waals surface area contributed by atoms with Gasteiger partial charge in [0.1, 0.15) is 6.29 Å². The maximum atomic E-state index is 11.3. The second-order valence-electron chi connectivity index (χ2n) is 3.01. The van der Waals surface area contributed by atoms with Gasteiger partial charge in [0.2, 0.25) is 0 Å². The van der Waals surface area contributed by atoms with Crippen LogP contribution in [0.1, 0.15) is 22.3 Å². The molecule has 1 aromatic carbocycles. The third-order valence-electron chi connectivity index (χ3n) is 1.99. The summed E-state index contributed by atoms with van der Waals surface area (Å²) in [4.78, 5) is 21.4. The topological polar surface area (TPSA) is 43.4 Å². The van der Waals surface area contributed by atoms with Gasteiger partial charge in [-0.15, -0.1) is 0 Å². The molecule has 0 fully saturated rings. The summed E-state index contributed by atoms with van der Waals surface area (Å²) in [6.07, 6.45) is 2.05. The summed E-state index contributed by atoms with van der Waals surface area (Å²) in [5.41, 5.74) is 1.51. The minimum absolute atomic E-state index is 0.371. The molecule has 0 bridgehead atoms. The Labute approximate surface area is 96.6 Å². The zero-order valence-corrected chi connectivity index (χ0v) is 9.91. The smallest absolute Gasteiger partial charge is 0.338 e. The normalized spacial score (nSPS) is 9.73. The van der Waals surface area contributed by atoms with Crippen molar-refractivity contribution in [2.45, 2.75) is 12.8 Å². The number of esters is 1. The van der Waals surface area contributed by atoms with Crippen LogP contribution in [0.25, 0.3) is 0 Å². The number of ether oxygens (including phenoxy) is 1. The summed E-state index contributed by atoms with van der Waals surface area (Å²) in [5, 5.41) is 0. The number of rotatable bonds is 4. The van der Waals surface area contributed by atoms with Crippen molar-refractivity contribution in [3.05, 3.63) is 33.8 Å². The summed E-state index contributed by atoms with van der Waals surface area (Å²) in [7, 11) is 1.34. The molecule has 0 unspecified atom stereocenters. The van der Waals surface area contributed by atoms with E-state index in [0.717, 1.165) is 11.8 Å². The lowest BCUT2D eigenvalue weighted by Gasteiger charge is -2.04. The van der Waals surface area contributed by atoms with Crippen molar-refractivity contribution in [1.29, 1.82) is 0 Å². The van der Waals surface area contributed by atoms with Gasteiger partial charge in [-0.25, -0.2) is 4.79 Å². The molecule has 15 heavy (non-hydrogen) atoms. The Hall–Kier alpha value is -1.16. The molecule has 0 radical (unpaired) electrons. The highest BCUT2D eigenvalue weighted by Crippen LogP contribution is 2.20. The van der Waals surface area contributed by atoms with E-state index in [0.29, 0.717) is 22.9 Å². The van der Waals surface area contributed by atoms with Gasteiger partial charge in [-0.1, -0.05) is 6.07 Å². The fourth-order valence-corrected chi connectivity index (χ4v) is 1.80. The molecule has 0 spiro atoms. The van der Waals surface area contributed by atoms with Crippen molar-refractivity contribution >= 4 is 28.2 Å². The molecule has 0 N–H and O–H groups in total. The summed E-state index contributed by atoms with van der Waals surface area (Å²) < 4.78 is 5.31. The van der Waals surface area contributed by atoms with E-state index in [-0.39, 0.29) is 5.97 Å². The second-order valence-corrected chi connectivity index (χ2v) is 3.87. The summed E-state index contributed by atoms with van der Waals surface area (Å²) >= 11 is 3.29. The maximum Gasteiger partial charge on any atom is 0.338 e. The van der Waals surface area contributed by atoms with Gasteiger partial charge in [-0.05, 0) is 40.0 Å². The molecule has 1 rings (SSSR count). The van der Waals surface area contributed by atoms with Crippen molar-refractivity contribution in [3.63, 3.8) is 0 Å². The Morgan fingerprint density at radius 1 is 1.53 bits per heavy atom. The van der Waals surface area contributed by atoms with E-state index < -0.39 is 0 Å². The Balaban J connectivity index is 2.87. The van der Waals surface area contributed by atoms with E-state index in [4.69, 9.17) is 0 Å². The van der Waals surface area contributed by atoms with Gasteiger partial charge in [0.15, 0.2) is 0 Å². The first-order valence-corrected chi connectivity index (χ1v) is 5.28. The van der Waals surface area contributed by atoms with Gasteiger partial charge in [-0.3, -0.25) is 0 Å². The summed E-state index contributed by atoms with van der Waals surface area (Å²) in [5.74, 6) is -0.371. The van der Waals surface area contributed by atoms with E-state index in [1.165, 1.54) is 7.11 Å². The lowest BCUT2D eigenvalue weighted by molar-refractivity contribution is -0.107. The van der Waals surface area contributed by atoms with Gasteiger partial charge in [0, 0.05) is 10.9 Å². The Kier molecular flexibility index (Phi) is 4.49. The molecule has 0 aliphatic carbocycles. The van der Waals surface area contributed by atoms with Gasteiger partial charge >= 0.3 is 5.97 Å². The van der Waals surface area contributed by atoms with E-state index in [2.05, 4.69) is 20.7 Å². The molecule has 0 atom stereocenters. The molecule has 3 nitrogen and oxygen atoms in total. The molecule has 4 heteroatoms. The number of halogens is 1. The molecular weight excluding hydrogens is 260 g/mol. The molecular formula is C11H11BrO3.